The highest BCUT2D eigenvalue weighted by Gasteiger charge is 2.41. The highest BCUT2D eigenvalue weighted by atomic mass is 19.1. The number of halogens is 1. The minimum atomic E-state index is -1.42. The first-order valence-corrected chi connectivity index (χ1v) is 12.9. The summed E-state index contributed by atoms with van der Waals surface area (Å²) in [4.78, 5) is 18.4. The Kier molecular flexibility index (Phi) is 9.09. The molecule has 2 N–H and O–H groups in total. The Morgan fingerprint density at radius 3 is 2.34 bits per heavy atom. The Bertz CT molecular complexity index is 1060. The van der Waals surface area contributed by atoms with E-state index in [4.69, 9.17) is 14.2 Å². The Balaban J connectivity index is 1.41. The summed E-state index contributed by atoms with van der Waals surface area (Å²) in [7, 11) is 3.09. The number of rotatable bonds is 9. The molecule has 0 aliphatic carbocycles. The predicted molar refractivity (Wildman–Crippen MR) is 141 cm³/mol. The molecule has 2 aromatic rings. The molecule has 2 fully saturated rings. The maximum absolute atomic E-state index is 13.6. The molecule has 0 unspecified atom stereocenters. The third-order valence-corrected chi connectivity index (χ3v) is 7.26. The minimum absolute atomic E-state index is 0.0463. The molecule has 0 saturated carbocycles. The van der Waals surface area contributed by atoms with Crippen molar-refractivity contribution in [1.82, 2.24) is 9.80 Å². The summed E-state index contributed by atoms with van der Waals surface area (Å²) < 4.78 is 29.6. The number of ether oxygens (including phenoxy) is 3. The Labute approximate surface area is 223 Å². The van der Waals surface area contributed by atoms with Gasteiger partial charge in [-0.2, -0.15) is 0 Å². The van der Waals surface area contributed by atoms with Gasteiger partial charge in [0.1, 0.15) is 36.1 Å². The van der Waals surface area contributed by atoms with E-state index >= 15 is 0 Å². The van der Waals surface area contributed by atoms with Crippen molar-refractivity contribution in [3.63, 3.8) is 0 Å². The second-order valence-electron chi connectivity index (χ2n) is 10.3. The average molecular weight is 532 g/mol. The van der Waals surface area contributed by atoms with Crippen LogP contribution in [-0.2, 0) is 9.53 Å². The van der Waals surface area contributed by atoms with Gasteiger partial charge in [-0.25, -0.2) is 4.39 Å². The zero-order valence-electron chi connectivity index (χ0n) is 22.1. The smallest absolute Gasteiger partial charge is 0.248 e. The molecule has 10 heteroatoms. The fourth-order valence-electron chi connectivity index (χ4n) is 5.22. The molecule has 0 radical (unpaired) electrons. The van der Waals surface area contributed by atoms with E-state index in [2.05, 4.69) is 4.90 Å². The first kappa shape index (κ1) is 28.1. The molecular weight excluding hydrogens is 493 g/mol. The highest BCUT2D eigenvalue weighted by Crippen LogP contribution is 2.29. The number of piperidine rings is 1. The maximum Gasteiger partial charge on any atom is 0.248 e. The van der Waals surface area contributed by atoms with Gasteiger partial charge in [0.25, 0.3) is 0 Å². The van der Waals surface area contributed by atoms with Crippen LogP contribution in [0.1, 0.15) is 12.8 Å². The Morgan fingerprint density at radius 1 is 0.947 bits per heavy atom. The van der Waals surface area contributed by atoms with Gasteiger partial charge in [-0.1, -0.05) is 6.07 Å². The summed E-state index contributed by atoms with van der Waals surface area (Å²) >= 11 is 0. The highest BCUT2D eigenvalue weighted by molar-refractivity contribution is 5.77. The van der Waals surface area contributed by atoms with E-state index in [0.717, 1.165) is 11.4 Å². The van der Waals surface area contributed by atoms with Crippen LogP contribution >= 0.6 is 0 Å². The molecule has 9 nitrogen and oxygen atoms in total. The molecule has 0 spiro atoms. The number of hydrogen-bond donors (Lipinski definition) is 2. The van der Waals surface area contributed by atoms with Crippen molar-refractivity contribution in [3.8, 4) is 11.5 Å². The molecule has 0 bridgehead atoms. The summed E-state index contributed by atoms with van der Waals surface area (Å²) in [5, 5.41) is 23.1. The molecule has 4 rings (SSSR count). The number of aliphatic hydroxyl groups is 2. The van der Waals surface area contributed by atoms with Crippen molar-refractivity contribution < 1.29 is 33.6 Å². The molecule has 0 aromatic heterocycles. The summed E-state index contributed by atoms with van der Waals surface area (Å²) in [6.07, 6.45) is 1.14. The molecule has 2 aromatic carbocycles. The van der Waals surface area contributed by atoms with Crippen molar-refractivity contribution in [2.45, 2.75) is 24.0 Å². The average Bonchev–Trinajstić information content (AvgIpc) is 3.07. The molecule has 1 amide bonds. The fourth-order valence-corrected chi connectivity index (χ4v) is 5.22. The largest absolute Gasteiger partial charge is 0.497 e. The van der Waals surface area contributed by atoms with Crippen LogP contribution in [0.2, 0.25) is 0 Å². The monoisotopic (exact) mass is 531 g/mol. The van der Waals surface area contributed by atoms with Gasteiger partial charge in [0.2, 0.25) is 5.91 Å². The van der Waals surface area contributed by atoms with Gasteiger partial charge < -0.3 is 34.2 Å². The number of nitrogens with zero attached hydrogens (tertiary/aromatic N) is 3. The zero-order valence-corrected chi connectivity index (χ0v) is 22.1. The van der Waals surface area contributed by atoms with Gasteiger partial charge in [-0.05, 0) is 49.2 Å². The maximum atomic E-state index is 13.6. The molecule has 2 aliphatic heterocycles. The number of β-amino-alcohol motifs (C(OH)–C–C–N with tert-alkyl or cyclic N) is 2. The van der Waals surface area contributed by atoms with E-state index in [1.807, 2.05) is 29.2 Å². The van der Waals surface area contributed by atoms with Gasteiger partial charge >= 0.3 is 0 Å². The third-order valence-electron chi connectivity index (χ3n) is 7.26. The fraction of sp³-hybridized carbons (Fsp3) is 0.536. The lowest BCUT2D eigenvalue weighted by atomic mass is 9.90. The van der Waals surface area contributed by atoms with Crippen molar-refractivity contribution in [2.24, 2.45) is 0 Å². The van der Waals surface area contributed by atoms with E-state index < -0.39 is 17.0 Å². The Hall–Kier alpha value is -2.92. The lowest BCUT2D eigenvalue weighted by Gasteiger charge is -2.42. The number of anilines is 1. The van der Waals surface area contributed by atoms with Crippen LogP contribution in [-0.4, -0.2) is 110 Å². The Morgan fingerprint density at radius 2 is 1.68 bits per heavy atom. The second-order valence-corrected chi connectivity index (χ2v) is 10.3. The predicted octanol–water partition coefficient (Wildman–Crippen LogP) is 1.77. The van der Waals surface area contributed by atoms with E-state index in [0.29, 0.717) is 51.3 Å². The standard InChI is InChI=1S/C28H38FN3O6/c1-36-17-26(33)32-15-14-30(19-28(35,20-32)21-38-25-5-3-4-22(29)16-25)18-27(34)10-12-31(13-11-27)23-6-8-24(37-2)9-7-23/h3-9,16,34-35H,10-15,17-21H2,1-2H3/t28-/m1/s1. The summed E-state index contributed by atoms with van der Waals surface area (Å²) in [6.45, 7) is 2.65. The van der Waals surface area contributed by atoms with E-state index in [-0.39, 0.29) is 32.2 Å². The van der Waals surface area contributed by atoms with E-state index in [1.165, 1.54) is 25.3 Å². The summed E-state index contributed by atoms with van der Waals surface area (Å²) in [5.74, 6) is 0.436. The van der Waals surface area contributed by atoms with Crippen LogP contribution in [0.15, 0.2) is 48.5 Å². The van der Waals surface area contributed by atoms with Crippen LogP contribution in [0.3, 0.4) is 0 Å². The SMILES string of the molecule is COCC(=O)N1CCN(CC2(O)CCN(c3ccc(OC)cc3)CC2)C[C@](O)(COc2cccc(F)c2)C1. The number of carbonyl (C=O) groups excluding carboxylic acids is 1. The van der Waals surface area contributed by atoms with E-state index in [1.54, 1.807) is 18.1 Å². The van der Waals surface area contributed by atoms with Crippen molar-refractivity contribution in [3.05, 3.63) is 54.3 Å². The molecule has 2 saturated heterocycles. The molecule has 2 aliphatic rings. The van der Waals surface area contributed by atoms with Crippen LogP contribution in [0, 0.1) is 5.82 Å². The summed E-state index contributed by atoms with van der Waals surface area (Å²) in [6, 6.07) is 13.6. The number of hydrogen-bond acceptors (Lipinski definition) is 8. The second kappa shape index (κ2) is 12.3. The van der Waals surface area contributed by atoms with Gasteiger partial charge in [0.15, 0.2) is 0 Å². The van der Waals surface area contributed by atoms with E-state index in [9.17, 15) is 19.4 Å². The lowest BCUT2D eigenvalue weighted by molar-refractivity contribution is -0.138. The molecule has 1 atom stereocenters. The van der Waals surface area contributed by atoms with Crippen LogP contribution in [0.5, 0.6) is 11.5 Å². The van der Waals surface area contributed by atoms with Gasteiger partial charge in [-0.3, -0.25) is 9.69 Å². The number of methoxy groups -OCH3 is 2. The van der Waals surface area contributed by atoms with Crippen LogP contribution in [0.25, 0.3) is 0 Å². The van der Waals surface area contributed by atoms with Crippen LogP contribution in [0.4, 0.5) is 10.1 Å². The lowest BCUT2D eigenvalue weighted by Crippen LogP contribution is -2.56. The number of amides is 1. The number of carbonyl (C=O) groups is 1. The number of benzene rings is 2. The zero-order chi connectivity index (χ0) is 27.2. The summed E-state index contributed by atoms with van der Waals surface area (Å²) in [5.41, 5.74) is -1.27. The third kappa shape index (κ3) is 7.35. The quantitative estimate of drug-likeness (QED) is 0.506. The molecular formula is C28H38FN3O6. The van der Waals surface area contributed by atoms with Crippen molar-refractivity contribution >= 4 is 11.6 Å². The molecule has 208 valence electrons. The molecule has 38 heavy (non-hydrogen) atoms. The minimum Gasteiger partial charge on any atom is -0.497 e. The first-order chi connectivity index (χ1) is 18.2. The van der Waals surface area contributed by atoms with Gasteiger partial charge in [0, 0.05) is 58.1 Å². The van der Waals surface area contributed by atoms with Crippen molar-refractivity contribution in [2.75, 3.05) is 78.1 Å². The van der Waals surface area contributed by atoms with Gasteiger partial charge in [-0.15, -0.1) is 0 Å². The molecule has 2 heterocycles. The van der Waals surface area contributed by atoms with Crippen molar-refractivity contribution in [1.29, 1.82) is 0 Å². The van der Waals surface area contributed by atoms with Crippen LogP contribution < -0.4 is 14.4 Å². The normalized spacial score (nSPS) is 22.1. The van der Waals surface area contributed by atoms with Gasteiger partial charge in [0.05, 0.1) is 19.3 Å². The topological polar surface area (TPSA) is 94.9 Å². The first-order valence-electron chi connectivity index (χ1n) is 12.9.